The van der Waals surface area contributed by atoms with Gasteiger partial charge in [-0.15, -0.1) is 13.2 Å². The summed E-state index contributed by atoms with van der Waals surface area (Å²) in [6.07, 6.45) is -5.28. The number of rotatable bonds is 8. The monoisotopic (exact) mass is 537 g/mol. The van der Waals surface area contributed by atoms with Crippen LogP contribution in [0.25, 0.3) is 0 Å². The van der Waals surface area contributed by atoms with Crippen LogP contribution in [0.15, 0.2) is 45.6 Å². The predicted octanol–water partition coefficient (Wildman–Crippen LogP) is 4.46. The molecule has 1 aromatic heterocycles. The quantitative estimate of drug-likeness (QED) is 0.428. The van der Waals surface area contributed by atoms with Crippen LogP contribution in [0, 0.1) is 6.92 Å². The van der Waals surface area contributed by atoms with Gasteiger partial charge in [-0.05, 0) is 37.3 Å². The Morgan fingerprint density at radius 3 is 2.39 bits per heavy atom. The van der Waals surface area contributed by atoms with Crippen LogP contribution < -0.4 is 34.6 Å². The molecule has 38 heavy (non-hydrogen) atoms. The number of methoxy groups -OCH3 is 2. The van der Waals surface area contributed by atoms with Crippen molar-refractivity contribution in [3.05, 3.63) is 63.7 Å². The minimum absolute atomic E-state index is 0.122. The van der Waals surface area contributed by atoms with Crippen molar-refractivity contribution in [3.8, 4) is 34.5 Å². The summed E-state index contributed by atoms with van der Waals surface area (Å²) in [5.41, 5.74) is -0.686. The Bertz CT molecular complexity index is 1400. The van der Waals surface area contributed by atoms with E-state index in [1.165, 1.54) is 45.4 Å². The van der Waals surface area contributed by atoms with Gasteiger partial charge in [0.25, 0.3) is 0 Å². The molecule has 0 saturated carbocycles. The Balaban J connectivity index is 1.73. The molecule has 1 atom stereocenters. The minimum atomic E-state index is -4.86. The Morgan fingerprint density at radius 1 is 1.11 bits per heavy atom. The molecule has 0 bridgehead atoms. The zero-order valence-electron chi connectivity index (χ0n) is 20.3. The highest BCUT2D eigenvalue weighted by atomic mass is 19.4. The lowest BCUT2D eigenvalue weighted by atomic mass is 9.87. The number of hydrogen-bond acceptors (Lipinski definition) is 9. The highest BCUT2D eigenvalue weighted by molar-refractivity contribution is 5.92. The third kappa shape index (κ3) is 5.56. The summed E-state index contributed by atoms with van der Waals surface area (Å²) in [6.45, 7) is 1.35. The maximum Gasteiger partial charge on any atom is 0.573 e. The molecule has 0 unspecified atom stereocenters. The summed E-state index contributed by atoms with van der Waals surface area (Å²) in [5, 5.41) is 13.2. The zero-order chi connectivity index (χ0) is 27.6. The molecule has 13 heteroatoms. The molecule has 1 aliphatic heterocycles. The molecule has 2 aromatic carbocycles. The smallest absolute Gasteiger partial charge is 0.507 e. The van der Waals surface area contributed by atoms with Crippen LogP contribution in [0.1, 0.15) is 29.2 Å². The highest BCUT2D eigenvalue weighted by Gasteiger charge is 2.35. The second-order valence-corrected chi connectivity index (χ2v) is 8.09. The van der Waals surface area contributed by atoms with Gasteiger partial charge in [-0.1, -0.05) is 0 Å². The number of alkyl halides is 3. The number of aryl methyl sites for hydroxylation is 1. The maximum atomic E-state index is 13.1. The molecule has 0 spiro atoms. The Hall–Kier alpha value is -4.55. The Kier molecular flexibility index (Phi) is 7.28. The Morgan fingerprint density at radius 2 is 1.79 bits per heavy atom. The largest absolute Gasteiger partial charge is 0.573 e. The number of benzene rings is 2. The standard InChI is InChI=1S/C25H22F3NO9/c1-12-8-17(30)20(24(32)37-12)15(16-9-18(33-2)22-23(21(16)34-3)36-11-35-22)10-19(31)29-13-4-6-14(7-5-13)38-25(26,27)28/h4-9,15,30H,10-11H2,1-3H3,(H,29,31)/t15-/m0/s1. The van der Waals surface area contributed by atoms with E-state index in [0.29, 0.717) is 0 Å². The molecule has 0 fully saturated rings. The average molecular weight is 537 g/mol. The van der Waals surface area contributed by atoms with E-state index in [1.54, 1.807) is 0 Å². The minimum Gasteiger partial charge on any atom is -0.507 e. The number of hydrogen-bond donors (Lipinski definition) is 2. The fourth-order valence-corrected chi connectivity index (χ4v) is 4.09. The first-order valence-corrected chi connectivity index (χ1v) is 11.0. The molecule has 10 nitrogen and oxygen atoms in total. The van der Waals surface area contributed by atoms with Gasteiger partial charge in [0.1, 0.15) is 17.3 Å². The first-order valence-electron chi connectivity index (χ1n) is 11.0. The van der Waals surface area contributed by atoms with Crippen LogP contribution >= 0.6 is 0 Å². The molecule has 4 rings (SSSR count). The topological polar surface area (TPSA) is 126 Å². The first kappa shape index (κ1) is 26.5. The van der Waals surface area contributed by atoms with E-state index in [-0.39, 0.29) is 52.4 Å². The van der Waals surface area contributed by atoms with Gasteiger partial charge in [0.05, 0.1) is 19.8 Å². The zero-order valence-corrected chi connectivity index (χ0v) is 20.3. The molecule has 0 aliphatic carbocycles. The van der Waals surface area contributed by atoms with Crippen LogP contribution in [-0.2, 0) is 4.79 Å². The summed E-state index contributed by atoms with van der Waals surface area (Å²) in [6, 6.07) is 7.23. The van der Waals surface area contributed by atoms with E-state index in [4.69, 9.17) is 23.4 Å². The number of aromatic hydroxyl groups is 1. The van der Waals surface area contributed by atoms with Crippen molar-refractivity contribution in [2.45, 2.75) is 25.6 Å². The van der Waals surface area contributed by atoms with E-state index < -0.39 is 41.7 Å². The van der Waals surface area contributed by atoms with Crippen LogP contribution in [0.3, 0.4) is 0 Å². The SMILES string of the molecule is COc1cc([C@H](CC(=O)Nc2ccc(OC(F)(F)F)cc2)c2c(O)cc(C)oc2=O)c(OC)c2c1OCO2. The second-order valence-electron chi connectivity index (χ2n) is 8.09. The van der Waals surface area contributed by atoms with E-state index in [9.17, 15) is 27.9 Å². The number of fused-ring (bicyclic) bond motifs is 1. The molecule has 1 aliphatic rings. The van der Waals surface area contributed by atoms with Crippen LogP contribution in [-0.4, -0.2) is 38.4 Å². The summed E-state index contributed by atoms with van der Waals surface area (Å²) < 4.78 is 68.2. The molecule has 2 N–H and O–H groups in total. The first-order chi connectivity index (χ1) is 18.0. The predicted molar refractivity (Wildman–Crippen MR) is 125 cm³/mol. The van der Waals surface area contributed by atoms with Crippen LogP contribution in [0.5, 0.6) is 34.5 Å². The summed E-state index contributed by atoms with van der Waals surface area (Å²) in [5.74, 6) is -1.68. The fraction of sp³-hybridized carbons (Fsp3) is 0.280. The van der Waals surface area contributed by atoms with Crippen LogP contribution in [0.4, 0.5) is 18.9 Å². The lowest BCUT2D eigenvalue weighted by molar-refractivity contribution is -0.274. The van der Waals surface area contributed by atoms with Gasteiger partial charge < -0.3 is 38.5 Å². The van der Waals surface area contributed by atoms with Gasteiger partial charge in [-0.3, -0.25) is 4.79 Å². The van der Waals surface area contributed by atoms with Crippen molar-refractivity contribution in [2.24, 2.45) is 0 Å². The number of ether oxygens (including phenoxy) is 5. The van der Waals surface area contributed by atoms with Gasteiger partial charge in [-0.2, -0.15) is 0 Å². The Labute approximate surface area is 213 Å². The summed E-state index contributed by atoms with van der Waals surface area (Å²) in [7, 11) is 2.74. The second kappa shape index (κ2) is 10.4. The molecular weight excluding hydrogens is 515 g/mol. The number of carbonyl (C=O) groups excluding carboxylic acids is 1. The molecule has 0 radical (unpaired) electrons. The molecule has 0 saturated heterocycles. The molecule has 3 aromatic rings. The van der Waals surface area contributed by atoms with Crippen molar-refractivity contribution in [1.82, 2.24) is 0 Å². The van der Waals surface area contributed by atoms with Crippen molar-refractivity contribution in [1.29, 1.82) is 0 Å². The number of carbonyl (C=O) groups is 1. The van der Waals surface area contributed by atoms with E-state index in [0.717, 1.165) is 12.1 Å². The van der Waals surface area contributed by atoms with Crippen molar-refractivity contribution in [3.63, 3.8) is 0 Å². The van der Waals surface area contributed by atoms with Gasteiger partial charge in [0.15, 0.2) is 11.5 Å². The number of anilines is 1. The third-order valence-corrected chi connectivity index (χ3v) is 5.59. The van der Waals surface area contributed by atoms with E-state index in [2.05, 4.69) is 10.1 Å². The van der Waals surface area contributed by atoms with Crippen LogP contribution in [0.2, 0.25) is 0 Å². The number of amides is 1. The number of nitrogens with one attached hydrogen (secondary N) is 1. The lowest BCUT2D eigenvalue weighted by Gasteiger charge is -2.22. The fourth-order valence-electron chi connectivity index (χ4n) is 4.09. The average Bonchev–Trinajstić information content (AvgIpc) is 3.32. The van der Waals surface area contributed by atoms with Gasteiger partial charge in [0, 0.05) is 29.7 Å². The van der Waals surface area contributed by atoms with Crippen molar-refractivity contribution < 1.29 is 51.2 Å². The summed E-state index contributed by atoms with van der Waals surface area (Å²) >= 11 is 0. The van der Waals surface area contributed by atoms with E-state index >= 15 is 0 Å². The number of halogens is 3. The normalized spacial score (nSPS) is 13.1. The summed E-state index contributed by atoms with van der Waals surface area (Å²) in [4.78, 5) is 26.0. The van der Waals surface area contributed by atoms with Gasteiger partial charge in [0.2, 0.25) is 24.2 Å². The third-order valence-electron chi connectivity index (χ3n) is 5.59. The van der Waals surface area contributed by atoms with Crippen molar-refractivity contribution >= 4 is 11.6 Å². The molecular formula is C25H22F3NO9. The molecule has 2 heterocycles. The highest BCUT2D eigenvalue weighted by Crippen LogP contribution is 2.52. The van der Waals surface area contributed by atoms with Gasteiger partial charge in [-0.25, -0.2) is 4.79 Å². The van der Waals surface area contributed by atoms with E-state index in [1.807, 2.05) is 0 Å². The van der Waals surface area contributed by atoms with Gasteiger partial charge >= 0.3 is 12.0 Å². The molecule has 1 amide bonds. The van der Waals surface area contributed by atoms with Crippen molar-refractivity contribution in [2.75, 3.05) is 26.3 Å². The molecule has 202 valence electrons. The maximum absolute atomic E-state index is 13.1. The lowest BCUT2D eigenvalue weighted by Crippen LogP contribution is -2.21.